The topological polar surface area (TPSA) is 83.6 Å². The van der Waals surface area contributed by atoms with Crippen LogP contribution in [0.1, 0.15) is 29.2 Å². The van der Waals surface area contributed by atoms with Gasteiger partial charge in [0.2, 0.25) is 20.0 Å². The van der Waals surface area contributed by atoms with E-state index in [0.29, 0.717) is 24.2 Å². The smallest absolute Gasteiger partial charge is 0.236 e. The monoisotopic (exact) mass is 408 g/mol. The zero-order valence-electron chi connectivity index (χ0n) is 15.5. The van der Waals surface area contributed by atoms with Crippen molar-refractivity contribution < 1.29 is 16.8 Å². The molecule has 0 aliphatic carbocycles. The lowest BCUT2D eigenvalue weighted by Crippen LogP contribution is -2.36. The molecular formula is C19H24N2O4S2. The summed E-state index contributed by atoms with van der Waals surface area (Å²) in [5.74, 6) is -0.0497. The van der Waals surface area contributed by atoms with Gasteiger partial charge in [0, 0.05) is 18.8 Å². The molecule has 1 N–H and O–H groups in total. The Hall–Kier alpha value is -1.90. The highest BCUT2D eigenvalue weighted by Gasteiger charge is 2.25. The van der Waals surface area contributed by atoms with Crippen molar-refractivity contribution in [1.82, 2.24) is 4.31 Å². The molecule has 0 aromatic heterocycles. The maximum atomic E-state index is 12.5. The first-order valence-corrected chi connectivity index (χ1v) is 12.1. The maximum absolute atomic E-state index is 12.5. The van der Waals surface area contributed by atoms with Gasteiger partial charge >= 0.3 is 0 Å². The molecule has 146 valence electrons. The molecule has 3 rings (SSSR count). The van der Waals surface area contributed by atoms with Crippen molar-refractivity contribution in [3.8, 4) is 0 Å². The first kappa shape index (κ1) is 19.9. The summed E-state index contributed by atoms with van der Waals surface area (Å²) >= 11 is 0. The number of nitrogens with zero attached hydrogens (tertiary/aromatic N) is 1. The van der Waals surface area contributed by atoms with Crippen LogP contribution in [0.4, 0.5) is 5.69 Å². The second-order valence-electron chi connectivity index (χ2n) is 6.81. The van der Waals surface area contributed by atoms with E-state index in [4.69, 9.17) is 0 Å². The van der Waals surface area contributed by atoms with E-state index in [0.717, 1.165) is 16.7 Å². The number of benzene rings is 2. The average Bonchev–Trinajstić information content (AvgIpc) is 2.62. The fraction of sp³-hybridized carbons (Fsp3) is 0.368. The van der Waals surface area contributed by atoms with E-state index in [2.05, 4.69) is 4.72 Å². The molecule has 1 heterocycles. The Labute approximate surface area is 161 Å². The van der Waals surface area contributed by atoms with Crippen LogP contribution in [0.2, 0.25) is 0 Å². The van der Waals surface area contributed by atoms with E-state index >= 15 is 0 Å². The van der Waals surface area contributed by atoms with Crippen LogP contribution in [0.15, 0.2) is 42.5 Å². The molecule has 0 fully saturated rings. The van der Waals surface area contributed by atoms with E-state index in [9.17, 15) is 16.8 Å². The third-order valence-corrected chi connectivity index (χ3v) is 7.78. The highest BCUT2D eigenvalue weighted by Crippen LogP contribution is 2.25. The molecule has 0 unspecified atom stereocenters. The van der Waals surface area contributed by atoms with E-state index < -0.39 is 20.0 Å². The average molecular weight is 409 g/mol. The molecule has 0 saturated carbocycles. The Morgan fingerprint density at radius 3 is 2.37 bits per heavy atom. The largest absolute Gasteiger partial charge is 0.283 e. The van der Waals surface area contributed by atoms with E-state index in [1.54, 1.807) is 31.2 Å². The van der Waals surface area contributed by atoms with Crippen LogP contribution in [0.5, 0.6) is 0 Å². The summed E-state index contributed by atoms with van der Waals surface area (Å²) in [6.45, 7) is 4.31. The molecule has 0 saturated heterocycles. The van der Waals surface area contributed by atoms with Crippen LogP contribution in [0.25, 0.3) is 0 Å². The van der Waals surface area contributed by atoms with Gasteiger partial charge in [0.25, 0.3) is 0 Å². The predicted octanol–water partition coefficient (Wildman–Crippen LogP) is 2.64. The number of nitrogens with one attached hydrogen (secondary N) is 1. The normalized spacial score (nSPS) is 15.3. The van der Waals surface area contributed by atoms with Gasteiger partial charge in [0.05, 0.1) is 11.5 Å². The van der Waals surface area contributed by atoms with Crippen molar-refractivity contribution in [1.29, 1.82) is 0 Å². The molecule has 2 aromatic carbocycles. The van der Waals surface area contributed by atoms with Crippen molar-refractivity contribution in [3.63, 3.8) is 0 Å². The van der Waals surface area contributed by atoms with Crippen molar-refractivity contribution in [2.75, 3.05) is 17.0 Å². The van der Waals surface area contributed by atoms with Crippen LogP contribution in [-0.2, 0) is 38.8 Å². The second kappa shape index (κ2) is 7.61. The number of hydrogen-bond acceptors (Lipinski definition) is 4. The molecular weight excluding hydrogens is 384 g/mol. The Kier molecular flexibility index (Phi) is 5.60. The molecule has 27 heavy (non-hydrogen) atoms. The number of anilines is 1. The lowest BCUT2D eigenvalue weighted by atomic mass is 10.0. The molecule has 0 amide bonds. The molecule has 2 aromatic rings. The van der Waals surface area contributed by atoms with Crippen LogP contribution in [0, 0.1) is 6.92 Å². The van der Waals surface area contributed by atoms with Crippen molar-refractivity contribution in [2.24, 2.45) is 0 Å². The van der Waals surface area contributed by atoms with Crippen molar-refractivity contribution in [3.05, 3.63) is 64.7 Å². The first-order valence-electron chi connectivity index (χ1n) is 8.84. The van der Waals surface area contributed by atoms with E-state index in [-0.39, 0.29) is 18.1 Å². The highest BCUT2D eigenvalue weighted by atomic mass is 32.2. The Morgan fingerprint density at radius 1 is 1.00 bits per heavy atom. The summed E-state index contributed by atoms with van der Waals surface area (Å²) in [6, 6.07) is 12.7. The summed E-state index contributed by atoms with van der Waals surface area (Å²) in [4.78, 5) is 0. The first-order chi connectivity index (χ1) is 12.7. The highest BCUT2D eigenvalue weighted by molar-refractivity contribution is 7.91. The van der Waals surface area contributed by atoms with Crippen LogP contribution in [-0.4, -0.2) is 33.4 Å². The number of rotatable bonds is 6. The zero-order chi connectivity index (χ0) is 19.7. The number of hydrogen-bond donors (Lipinski definition) is 1. The molecule has 0 spiro atoms. The third kappa shape index (κ3) is 4.88. The number of sulfonamides is 2. The molecule has 1 aliphatic heterocycles. The second-order valence-corrected chi connectivity index (χ2v) is 10.8. The Balaban J connectivity index is 1.77. The van der Waals surface area contributed by atoms with Gasteiger partial charge in [-0.1, -0.05) is 35.9 Å². The molecule has 0 radical (unpaired) electrons. The van der Waals surface area contributed by atoms with Crippen LogP contribution < -0.4 is 4.72 Å². The summed E-state index contributed by atoms with van der Waals surface area (Å²) in [5, 5.41) is 0. The minimum Gasteiger partial charge on any atom is -0.283 e. The summed E-state index contributed by atoms with van der Waals surface area (Å²) in [6.07, 6.45) is 0.630. The van der Waals surface area contributed by atoms with Gasteiger partial charge in [0.15, 0.2) is 0 Å². The van der Waals surface area contributed by atoms with Gasteiger partial charge in [-0.2, -0.15) is 4.31 Å². The Morgan fingerprint density at radius 2 is 1.70 bits per heavy atom. The third-order valence-electron chi connectivity index (χ3n) is 4.69. The van der Waals surface area contributed by atoms with Crippen molar-refractivity contribution >= 4 is 25.7 Å². The molecule has 8 heteroatoms. The summed E-state index contributed by atoms with van der Waals surface area (Å²) in [7, 11) is -6.82. The van der Waals surface area contributed by atoms with Gasteiger partial charge in [-0.15, -0.1) is 0 Å². The molecule has 1 aliphatic rings. The quantitative estimate of drug-likeness (QED) is 0.796. The molecule has 6 nitrogen and oxygen atoms in total. The molecule has 0 atom stereocenters. The van der Waals surface area contributed by atoms with Gasteiger partial charge in [0.1, 0.15) is 0 Å². The summed E-state index contributed by atoms with van der Waals surface area (Å²) in [5.41, 5.74) is 4.14. The predicted molar refractivity (Wildman–Crippen MR) is 107 cm³/mol. The lowest BCUT2D eigenvalue weighted by molar-refractivity contribution is 0.392. The minimum absolute atomic E-state index is 0.0607. The summed E-state index contributed by atoms with van der Waals surface area (Å²) < 4.78 is 53.3. The fourth-order valence-electron chi connectivity index (χ4n) is 3.13. The maximum Gasteiger partial charge on any atom is 0.236 e. The van der Waals surface area contributed by atoms with Gasteiger partial charge in [-0.25, -0.2) is 16.8 Å². The van der Waals surface area contributed by atoms with Crippen LogP contribution in [0.3, 0.4) is 0 Å². The van der Waals surface area contributed by atoms with E-state index in [1.165, 1.54) is 4.31 Å². The Bertz CT molecular complexity index is 1030. The van der Waals surface area contributed by atoms with Gasteiger partial charge < -0.3 is 0 Å². The zero-order valence-corrected chi connectivity index (χ0v) is 17.1. The fourth-order valence-corrected chi connectivity index (χ4v) is 5.39. The standard InChI is InChI=1S/C19H24N2O4S2/c1-3-27(24,25)21-11-10-17-8-9-19(12-18(17)13-21)20-26(22,23)14-16-6-4-15(2)5-7-16/h4-9,12,20H,3,10-11,13-14H2,1-2H3. The van der Waals surface area contributed by atoms with Gasteiger partial charge in [-0.3, -0.25) is 4.72 Å². The van der Waals surface area contributed by atoms with Crippen molar-refractivity contribution in [2.45, 2.75) is 32.6 Å². The number of fused-ring (bicyclic) bond motifs is 1. The SMILES string of the molecule is CCS(=O)(=O)N1CCc2ccc(NS(=O)(=O)Cc3ccc(C)cc3)cc2C1. The lowest BCUT2D eigenvalue weighted by Gasteiger charge is -2.28. The molecule has 0 bridgehead atoms. The minimum atomic E-state index is -3.56. The van der Waals surface area contributed by atoms with Crippen LogP contribution >= 0.6 is 0 Å². The van der Waals surface area contributed by atoms with E-state index in [1.807, 2.05) is 25.1 Å². The van der Waals surface area contributed by atoms with Gasteiger partial charge in [-0.05, 0) is 49.1 Å². The number of aryl methyl sites for hydroxylation is 1.